The number of aromatic amines is 1. The Bertz CT molecular complexity index is 619. The topological polar surface area (TPSA) is 70.2 Å². The molecule has 1 fully saturated rings. The summed E-state index contributed by atoms with van der Waals surface area (Å²) in [6.45, 7) is 1.50. The predicted molar refractivity (Wildman–Crippen MR) is 84.1 cm³/mol. The van der Waals surface area contributed by atoms with Gasteiger partial charge in [0.25, 0.3) is 5.91 Å². The van der Waals surface area contributed by atoms with E-state index in [-0.39, 0.29) is 5.91 Å². The number of carbonyl (C=O) groups excluding carboxylic acids is 1. The van der Waals surface area contributed by atoms with Gasteiger partial charge in [0.05, 0.1) is 7.11 Å². The molecule has 1 aromatic heterocycles. The fourth-order valence-electron chi connectivity index (χ4n) is 2.72. The van der Waals surface area contributed by atoms with Crippen LogP contribution in [0.15, 0.2) is 36.5 Å². The highest BCUT2D eigenvalue weighted by molar-refractivity contribution is 5.92. The first-order chi connectivity index (χ1) is 10.8. The minimum atomic E-state index is 0.0253. The van der Waals surface area contributed by atoms with Crippen LogP contribution < -0.4 is 10.1 Å². The van der Waals surface area contributed by atoms with E-state index in [1.165, 1.54) is 0 Å². The Hall–Kier alpha value is -2.50. The van der Waals surface area contributed by atoms with Gasteiger partial charge in [0.2, 0.25) is 0 Å². The highest BCUT2D eigenvalue weighted by Crippen LogP contribution is 2.21. The Balaban J connectivity index is 1.54. The van der Waals surface area contributed by atoms with Crippen molar-refractivity contribution in [1.29, 1.82) is 0 Å². The molecule has 0 aliphatic carbocycles. The molecule has 0 spiro atoms. The van der Waals surface area contributed by atoms with Gasteiger partial charge >= 0.3 is 0 Å². The lowest BCUT2D eigenvalue weighted by atomic mass is 10.0. The molecule has 22 heavy (non-hydrogen) atoms. The average Bonchev–Trinajstić information content (AvgIpc) is 3.09. The molecule has 0 bridgehead atoms. The summed E-state index contributed by atoms with van der Waals surface area (Å²) >= 11 is 0. The Labute approximate surface area is 129 Å². The summed E-state index contributed by atoms with van der Waals surface area (Å²) in [5.74, 6) is 0.870. The van der Waals surface area contributed by atoms with Crippen LogP contribution in [0.5, 0.6) is 5.75 Å². The molecule has 0 atom stereocenters. The number of amides is 1. The molecule has 2 aromatic rings. The SMILES string of the molecule is COc1cccc(NC2CCN(C(=O)c3ccn[nH]3)CC2)c1. The molecule has 2 heterocycles. The fraction of sp³-hybridized carbons (Fsp3) is 0.375. The average molecular weight is 300 g/mol. The van der Waals surface area contributed by atoms with Crippen molar-refractivity contribution in [2.45, 2.75) is 18.9 Å². The number of carbonyl (C=O) groups is 1. The molecular formula is C16H20N4O2. The maximum atomic E-state index is 12.2. The summed E-state index contributed by atoms with van der Waals surface area (Å²) in [7, 11) is 1.67. The lowest BCUT2D eigenvalue weighted by molar-refractivity contribution is 0.0712. The molecule has 0 radical (unpaired) electrons. The number of piperidine rings is 1. The van der Waals surface area contributed by atoms with Gasteiger partial charge in [-0.05, 0) is 31.0 Å². The van der Waals surface area contributed by atoms with E-state index >= 15 is 0 Å². The summed E-state index contributed by atoms with van der Waals surface area (Å²) in [6.07, 6.45) is 3.46. The van der Waals surface area contributed by atoms with E-state index in [1.54, 1.807) is 19.4 Å². The zero-order chi connectivity index (χ0) is 15.4. The number of hydrogen-bond donors (Lipinski definition) is 2. The van der Waals surface area contributed by atoms with E-state index in [1.807, 2.05) is 29.2 Å². The molecule has 2 N–H and O–H groups in total. The number of methoxy groups -OCH3 is 1. The lowest BCUT2D eigenvalue weighted by Gasteiger charge is -2.32. The fourth-order valence-corrected chi connectivity index (χ4v) is 2.72. The molecule has 116 valence electrons. The molecule has 6 heteroatoms. The van der Waals surface area contributed by atoms with E-state index in [2.05, 4.69) is 15.5 Å². The first-order valence-corrected chi connectivity index (χ1v) is 7.45. The second-order valence-corrected chi connectivity index (χ2v) is 5.41. The number of aromatic nitrogens is 2. The highest BCUT2D eigenvalue weighted by Gasteiger charge is 2.24. The lowest BCUT2D eigenvalue weighted by Crippen LogP contribution is -2.42. The largest absolute Gasteiger partial charge is 0.497 e. The molecule has 0 unspecified atom stereocenters. The van der Waals surface area contributed by atoms with E-state index in [0.717, 1.165) is 37.4 Å². The van der Waals surface area contributed by atoms with Gasteiger partial charge in [-0.3, -0.25) is 9.89 Å². The molecule has 0 saturated carbocycles. The van der Waals surface area contributed by atoms with E-state index in [4.69, 9.17) is 4.74 Å². The number of H-pyrrole nitrogens is 1. The zero-order valence-corrected chi connectivity index (χ0v) is 12.6. The van der Waals surface area contributed by atoms with Crippen LogP contribution in [0.2, 0.25) is 0 Å². The molecule has 3 rings (SSSR count). The van der Waals surface area contributed by atoms with E-state index in [0.29, 0.717) is 11.7 Å². The second kappa shape index (κ2) is 6.51. The molecule has 6 nitrogen and oxygen atoms in total. The molecule has 1 aliphatic rings. The highest BCUT2D eigenvalue weighted by atomic mass is 16.5. The Morgan fingerprint density at radius 1 is 1.36 bits per heavy atom. The van der Waals surface area contributed by atoms with Crippen LogP contribution in [0.25, 0.3) is 0 Å². The van der Waals surface area contributed by atoms with Gasteiger partial charge in [0.15, 0.2) is 0 Å². The van der Waals surface area contributed by atoms with Crippen LogP contribution >= 0.6 is 0 Å². The third-order valence-electron chi connectivity index (χ3n) is 3.95. The van der Waals surface area contributed by atoms with Crippen LogP contribution in [0.1, 0.15) is 23.3 Å². The number of benzene rings is 1. The van der Waals surface area contributed by atoms with Gasteiger partial charge in [0, 0.05) is 37.1 Å². The van der Waals surface area contributed by atoms with E-state index < -0.39 is 0 Å². The summed E-state index contributed by atoms with van der Waals surface area (Å²) in [4.78, 5) is 14.1. The van der Waals surface area contributed by atoms with Crippen LogP contribution in [-0.4, -0.2) is 47.2 Å². The first kappa shape index (κ1) is 14.4. The number of ether oxygens (including phenoxy) is 1. The predicted octanol–water partition coefficient (Wildman–Crippen LogP) is 2.13. The Morgan fingerprint density at radius 2 is 2.18 bits per heavy atom. The van der Waals surface area contributed by atoms with Crippen LogP contribution in [0, 0.1) is 0 Å². The minimum absolute atomic E-state index is 0.0253. The Kier molecular flexibility index (Phi) is 4.27. The van der Waals surface area contributed by atoms with Gasteiger partial charge in [-0.1, -0.05) is 6.07 Å². The first-order valence-electron chi connectivity index (χ1n) is 7.45. The third-order valence-corrected chi connectivity index (χ3v) is 3.95. The summed E-state index contributed by atoms with van der Waals surface area (Å²) in [5, 5.41) is 10.1. The van der Waals surface area contributed by atoms with Gasteiger partial charge in [-0.25, -0.2) is 0 Å². The smallest absolute Gasteiger partial charge is 0.271 e. The minimum Gasteiger partial charge on any atom is -0.497 e. The van der Waals surface area contributed by atoms with Gasteiger partial charge in [-0.15, -0.1) is 0 Å². The zero-order valence-electron chi connectivity index (χ0n) is 12.6. The Morgan fingerprint density at radius 3 is 2.86 bits per heavy atom. The second-order valence-electron chi connectivity index (χ2n) is 5.41. The molecule has 1 amide bonds. The number of nitrogens with one attached hydrogen (secondary N) is 2. The van der Waals surface area contributed by atoms with Crippen molar-refractivity contribution in [3.63, 3.8) is 0 Å². The number of nitrogens with zero attached hydrogens (tertiary/aromatic N) is 2. The van der Waals surface area contributed by atoms with Crippen LogP contribution in [0.4, 0.5) is 5.69 Å². The van der Waals surface area contributed by atoms with Crippen LogP contribution in [-0.2, 0) is 0 Å². The normalized spacial score (nSPS) is 15.6. The number of likely N-dealkylation sites (tertiary alicyclic amines) is 1. The van der Waals surface area contributed by atoms with Crippen molar-refractivity contribution in [2.24, 2.45) is 0 Å². The van der Waals surface area contributed by atoms with Crippen molar-refractivity contribution in [1.82, 2.24) is 15.1 Å². The molecule has 1 aromatic carbocycles. The summed E-state index contributed by atoms with van der Waals surface area (Å²) in [5.41, 5.74) is 1.61. The number of rotatable bonds is 4. The third kappa shape index (κ3) is 3.21. The number of anilines is 1. The van der Waals surface area contributed by atoms with Crippen LogP contribution in [0.3, 0.4) is 0 Å². The van der Waals surface area contributed by atoms with Crippen molar-refractivity contribution in [3.8, 4) is 5.75 Å². The molecule has 1 saturated heterocycles. The van der Waals surface area contributed by atoms with Crippen molar-refractivity contribution in [2.75, 3.05) is 25.5 Å². The standard InChI is InChI=1S/C16H20N4O2/c1-22-14-4-2-3-13(11-14)18-12-6-9-20(10-7-12)16(21)15-5-8-17-19-15/h2-5,8,11-12,18H,6-7,9-10H2,1H3,(H,17,19). The number of hydrogen-bond acceptors (Lipinski definition) is 4. The van der Waals surface area contributed by atoms with Gasteiger partial charge < -0.3 is 15.0 Å². The monoisotopic (exact) mass is 300 g/mol. The van der Waals surface area contributed by atoms with Gasteiger partial charge in [-0.2, -0.15) is 5.10 Å². The van der Waals surface area contributed by atoms with Crippen molar-refractivity contribution in [3.05, 3.63) is 42.2 Å². The van der Waals surface area contributed by atoms with Crippen molar-refractivity contribution < 1.29 is 9.53 Å². The molecular weight excluding hydrogens is 280 g/mol. The summed E-state index contributed by atoms with van der Waals surface area (Å²) < 4.78 is 5.23. The van der Waals surface area contributed by atoms with Crippen molar-refractivity contribution >= 4 is 11.6 Å². The quantitative estimate of drug-likeness (QED) is 0.907. The molecule has 1 aliphatic heterocycles. The van der Waals surface area contributed by atoms with E-state index in [9.17, 15) is 4.79 Å². The van der Waals surface area contributed by atoms with Gasteiger partial charge in [0.1, 0.15) is 11.4 Å². The maximum Gasteiger partial charge on any atom is 0.271 e. The summed E-state index contributed by atoms with van der Waals surface area (Å²) in [6, 6.07) is 10.0. The maximum absolute atomic E-state index is 12.2.